The molecule has 0 saturated carbocycles. The number of phenols is 1. The van der Waals surface area contributed by atoms with E-state index in [1.165, 1.54) is 13.0 Å². The van der Waals surface area contributed by atoms with Crippen molar-refractivity contribution in [3.8, 4) is 5.75 Å². The zero-order chi connectivity index (χ0) is 17.1. The second-order valence-electron chi connectivity index (χ2n) is 6.05. The van der Waals surface area contributed by atoms with Crippen molar-refractivity contribution in [2.75, 3.05) is 11.6 Å². The summed E-state index contributed by atoms with van der Waals surface area (Å²) in [6, 6.07) is 3.21. The van der Waals surface area contributed by atoms with E-state index >= 15 is 0 Å². The summed E-state index contributed by atoms with van der Waals surface area (Å²) in [5.41, 5.74) is 0.835. The summed E-state index contributed by atoms with van der Waals surface area (Å²) in [5, 5.41) is 12.8. The van der Waals surface area contributed by atoms with Crippen LogP contribution in [0.4, 0.5) is 0 Å². The zero-order valence-electron chi connectivity index (χ0n) is 13.2. The van der Waals surface area contributed by atoms with E-state index in [1.807, 2.05) is 20.8 Å². The average molecular weight is 348 g/mol. The molecule has 0 atom stereocenters. The van der Waals surface area contributed by atoms with Gasteiger partial charge in [-0.05, 0) is 23.1 Å². The second-order valence-corrected chi connectivity index (χ2v) is 8.56. The van der Waals surface area contributed by atoms with Crippen molar-refractivity contribution in [3.63, 3.8) is 0 Å². The van der Waals surface area contributed by atoms with E-state index in [1.54, 1.807) is 6.07 Å². The van der Waals surface area contributed by atoms with Gasteiger partial charge in [-0.25, -0.2) is 8.42 Å². The highest BCUT2D eigenvalue weighted by molar-refractivity contribution is 7.91. The number of alkyl halides is 1. The standard InChI is InChI=1S/C15H22ClNO4S/c1-5-22(20,21)12-7-11(15(2,3)4)6-10(14(12)19)9-17-13(18)8-16/h6-7,19H,5,8-9H2,1-4H3,(H,17,18). The Morgan fingerprint density at radius 2 is 1.91 bits per heavy atom. The van der Waals surface area contributed by atoms with E-state index in [9.17, 15) is 18.3 Å². The summed E-state index contributed by atoms with van der Waals surface area (Å²) in [7, 11) is -3.57. The lowest BCUT2D eigenvalue weighted by atomic mass is 9.86. The second kappa shape index (κ2) is 6.87. The Bertz CT molecular complexity index is 663. The van der Waals surface area contributed by atoms with Gasteiger partial charge < -0.3 is 10.4 Å². The van der Waals surface area contributed by atoms with Gasteiger partial charge >= 0.3 is 0 Å². The molecule has 5 nitrogen and oxygen atoms in total. The lowest BCUT2D eigenvalue weighted by Crippen LogP contribution is -2.24. The third-order valence-corrected chi connectivity index (χ3v) is 5.32. The Kier molecular flexibility index (Phi) is 5.87. The molecular weight excluding hydrogens is 326 g/mol. The van der Waals surface area contributed by atoms with Crippen LogP contribution in [0.15, 0.2) is 17.0 Å². The van der Waals surface area contributed by atoms with Gasteiger partial charge in [-0.3, -0.25) is 4.79 Å². The van der Waals surface area contributed by atoms with Crippen molar-refractivity contribution in [2.24, 2.45) is 0 Å². The Morgan fingerprint density at radius 1 is 1.32 bits per heavy atom. The normalized spacial score (nSPS) is 12.2. The molecule has 1 rings (SSSR count). The van der Waals surface area contributed by atoms with Crippen molar-refractivity contribution >= 4 is 27.3 Å². The van der Waals surface area contributed by atoms with Crippen LogP contribution < -0.4 is 5.32 Å². The molecule has 0 heterocycles. The lowest BCUT2D eigenvalue weighted by Gasteiger charge is -2.22. The van der Waals surface area contributed by atoms with E-state index in [0.717, 1.165) is 5.56 Å². The fourth-order valence-electron chi connectivity index (χ4n) is 1.87. The first kappa shape index (κ1) is 18.8. The van der Waals surface area contributed by atoms with Crippen LogP contribution in [0.3, 0.4) is 0 Å². The summed E-state index contributed by atoms with van der Waals surface area (Å²) in [5.74, 6) is -1.01. The fourth-order valence-corrected chi connectivity index (χ4v) is 3.00. The largest absolute Gasteiger partial charge is 0.506 e. The molecule has 0 unspecified atom stereocenters. The molecular formula is C15H22ClNO4S. The molecule has 0 fully saturated rings. The number of aromatic hydroxyl groups is 1. The first-order chi connectivity index (χ1) is 10.0. The van der Waals surface area contributed by atoms with Crippen LogP contribution in [0.5, 0.6) is 5.75 Å². The number of hydrogen-bond donors (Lipinski definition) is 2. The predicted octanol–water partition coefficient (Wildman–Crippen LogP) is 2.34. The van der Waals surface area contributed by atoms with E-state index in [2.05, 4.69) is 5.32 Å². The van der Waals surface area contributed by atoms with Gasteiger partial charge in [-0.15, -0.1) is 11.6 Å². The first-order valence-electron chi connectivity index (χ1n) is 6.94. The Balaban J connectivity index is 3.43. The SMILES string of the molecule is CCS(=O)(=O)c1cc(C(C)(C)C)cc(CNC(=O)CCl)c1O. The molecule has 1 aromatic carbocycles. The van der Waals surface area contributed by atoms with Crippen molar-refractivity contribution in [1.82, 2.24) is 5.32 Å². The first-order valence-corrected chi connectivity index (χ1v) is 9.13. The maximum atomic E-state index is 12.2. The third-order valence-electron chi connectivity index (χ3n) is 3.33. The van der Waals surface area contributed by atoms with E-state index in [-0.39, 0.29) is 40.1 Å². The molecule has 0 aromatic heterocycles. The summed E-state index contributed by atoms with van der Waals surface area (Å²) in [6.45, 7) is 7.38. The van der Waals surface area contributed by atoms with Crippen molar-refractivity contribution in [3.05, 3.63) is 23.3 Å². The van der Waals surface area contributed by atoms with Gasteiger partial charge in [0.2, 0.25) is 5.91 Å². The summed E-state index contributed by atoms with van der Waals surface area (Å²) >= 11 is 5.42. The van der Waals surface area contributed by atoms with Crippen LogP contribution in [-0.2, 0) is 26.6 Å². The lowest BCUT2D eigenvalue weighted by molar-refractivity contribution is -0.118. The third kappa shape index (κ3) is 4.36. The van der Waals surface area contributed by atoms with Crippen LogP contribution in [-0.4, -0.2) is 31.1 Å². The highest BCUT2D eigenvalue weighted by Crippen LogP contribution is 2.34. The van der Waals surface area contributed by atoms with Gasteiger partial charge in [0.1, 0.15) is 16.5 Å². The Labute approximate surface area is 136 Å². The number of phenolic OH excluding ortho intramolecular Hbond substituents is 1. The van der Waals surface area contributed by atoms with E-state index < -0.39 is 9.84 Å². The molecule has 0 saturated heterocycles. The summed E-state index contributed by atoms with van der Waals surface area (Å²) < 4.78 is 24.4. The maximum Gasteiger partial charge on any atom is 0.235 e. The molecule has 0 bridgehead atoms. The topological polar surface area (TPSA) is 83.5 Å². The van der Waals surface area contributed by atoms with Gasteiger partial charge in [0.05, 0.1) is 5.75 Å². The number of carbonyl (C=O) groups excluding carboxylic acids is 1. The molecule has 0 aliphatic rings. The number of rotatable bonds is 5. The van der Waals surface area contributed by atoms with Crippen molar-refractivity contribution in [2.45, 2.75) is 44.6 Å². The van der Waals surface area contributed by atoms with Crippen LogP contribution >= 0.6 is 11.6 Å². The minimum absolute atomic E-state index is 0.0214. The molecule has 1 amide bonds. The Morgan fingerprint density at radius 3 is 2.36 bits per heavy atom. The molecule has 0 aliphatic carbocycles. The molecule has 22 heavy (non-hydrogen) atoms. The summed E-state index contributed by atoms with van der Waals surface area (Å²) in [4.78, 5) is 11.2. The maximum absolute atomic E-state index is 12.2. The van der Waals surface area contributed by atoms with E-state index in [0.29, 0.717) is 5.56 Å². The number of halogens is 1. The zero-order valence-corrected chi connectivity index (χ0v) is 14.8. The number of nitrogens with one attached hydrogen (secondary N) is 1. The van der Waals surface area contributed by atoms with Gasteiger partial charge in [0.25, 0.3) is 0 Å². The number of carbonyl (C=O) groups is 1. The van der Waals surface area contributed by atoms with Crippen LogP contribution in [0.25, 0.3) is 0 Å². The minimum atomic E-state index is -3.57. The fraction of sp³-hybridized carbons (Fsp3) is 0.533. The molecule has 2 N–H and O–H groups in total. The quantitative estimate of drug-likeness (QED) is 0.801. The van der Waals surface area contributed by atoms with Crippen LogP contribution in [0, 0.1) is 0 Å². The van der Waals surface area contributed by atoms with E-state index in [4.69, 9.17) is 11.6 Å². The molecule has 124 valence electrons. The average Bonchev–Trinajstić information content (AvgIpc) is 2.44. The number of hydrogen-bond acceptors (Lipinski definition) is 4. The monoisotopic (exact) mass is 347 g/mol. The molecule has 0 radical (unpaired) electrons. The number of sulfone groups is 1. The summed E-state index contributed by atoms with van der Waals surface area (Å²) in [6.07, 6.45) is 0. The highest BCUT2D eigenvalue weighted by atomic mass is 35.5. The van der Waals surface area contributed by atoms with Gasteiger partial charge in [0.15, 0.2) is 9.84 Å². The molecule has 0 spiro atoms. The van der Waals surface area contributed by atoms with Crippen molar-refractivity contribution in [1.29, 1.82) is 0 Å². The van der Waals surface area contributed by atoms with Gasteiger partial charge in [-0.1, -0.05) is 27.7 Å². The molecule has 1 aromatic rings. The Hall–Kier alpha value is -1.27. The predicted molar refractivity (Wildman–Crippen MR) is 87.1 cm³/mol. The molecule has 0 aliphatic heterocycles. The van der Waals surface area contributed by atoms with Crippen LogP contribution in [0.1, 0.15) is 38.8 Å². The van der Waals surface area contributed by atoms with Gasteiger partial charge in [-0.2, -0.15) is 0 Å². The number of amides is 1. The van der Waals surface area contributed by atoms with Crippen molar-refractivity contribution < 1.29 is 18.3 Å². The van der Waals surface area contributed by atoms with Gasteiger partial charge in [0, 0.05) is 12.1 Å². The highest BCUT2D eigenvalue weighted by Gasteiger charge is 2.24. The smallest absolute Gasteiger partial charge is 0.235 e. The van der Waals surface area contributed by atoms with Crippen LogP contribution in [0.2, 0.25) is 0 Å². The minimum Gasteiger partial charge on any atom is -0.506 e. The molecule has 7 heteroatoms. The number of benzene rings is 1.